The average Bonchev–Trinajstić information content (AvgIpc) is 2.47. The molecular formula is C15H29N5. The third kappa shape index (κ3) is 4.96. The maximum absolute atomic E-state index is 5.86. The number of anilines is 2. The molecule has 1 aromatic heterocycles. The Labute approximate surface area is 123 Å². The minimum atomic E-state index is 0.564. The molecule has 0 radical (unpaired) electrons. The van der Waals surface area contributed by atoms with E-state index in [9.17, 15) is 0 Å². The van der Waals surface area contributed by atoms with Gasteiger partial charge in [0.05, 0.1) is 0 Å². The van der Waals surface area contributed by atoms with Crippen LogP contribution in [0, 0.1) is 0 Å². The van der Waals surface area contributed by atoms with Crippen molar-refractivity contribution < 1.29 is 0 Å². The van der Waals surface area contributed by atoms with Crippen LogP contribution in [-0.4, -0.2) is 47.6 Å². The lowest BCUT2D eigenvalue weighted by Crippen LogP contribution is -2.30. The van der Waals surface area contributed by atoms with Crippen LogP contribution in [-0.2, 0) is 6.42 Å². The molecule has 5 nitrogen and oxygen atoms in total. The summed E-state index contributed by atoms with van der Waals surface area (Å²) in [6, 6.07) is 1.88. The molecule has 5 heteroatoms. The molecule has 0 aromatic carbocycles. The van der Waals surface area contributed by atoms with Crippen LogP contribution in [0.15, 0.2) is 6.07 Å². The van der Waals surface area contributed by atoms with Gasteiger partial charge in [0.15, 0.2) is 0 Å². The highest BCUT2D eigenvalue weighted by Crippen LogP contribution is 2.14. The van der Waals surface area contributed by atoms with E-state index in [0.29, 0.717) is 5.82 Å². The van der Waals surface area contributed by atoms with Gasteiger partial charge in [0, 0.05) is 25.6 Å². The van der Waals surface area contributed by atoms with Gasteiger partial charge in [0.2, 0.25) is 0 Å². The van der Waals surface area contributed by atoms with E-state index in [1.807, 2.05) is 6.07 Å². The summed E-state index contributed by atoms with van der Waals surface area (Å²) < 4.78 is 0. The normalized spacial score (nSPS) is 11.1. The van der Waals surface area contributed by atoms with Crippen LogP contribution in [0.4, 0.5) is 11.6 Å². The Kier molecular flexibility index (Phi) is 7.30. The van der Waals surface area contributed by atoms with Crippen LogP contribution >= 0.6 is 0 Å². The lowest BCUT2D eigenvalue weighted by molar-refractivity contribution is 0.300. The second-order valence-electron chi connectivity index (χ2n) is 4.88. The summed E-state index contributed by atoms with van der Waals surface area (Å²) in [4.78, 5) is 13.5. The minimum Gasteiger partial charge on any atom is -0.384 e. The van der Waals surface area contributed by atoms with Crippen LogP contribution in [0.25, 0.3) is 0 Å². The van der Waals surface area contributed by atoms with E-state index in [1.165, 1.54) is 0 Å². The predicted octanol–water partition coefficient (Wildman–Crippen LogP) is 2.18. The maximum Gasteiger partial charge on any atom is 0.134 e. The highest BCUT2D eigenvalue weighted by atomic mass is 15.2. The van der Waals surface area contributed by atoms with Gasteiger partial charge in [-0.3, -0.25) is 0 Å². The number of aromatic nitrogens is 2. The van der Waals surface area contributed by atoms with E-state index >= 15 is 0 Å². The molecule has 0 aliphatic heterocycles. The molecule has 114 valence electrons. The first-order chi connectivity index (χ1) is 9.64. The Bertz CT molecular complexity index is 390. The average molecular weight is 279 g/mol. The molecule has 20 heavy (non-hydrogen) atoms. The predicted molar refractivity (Wildman–Crippen MR) is 86.1 cm³/mol. The van der Waals surface area contributed by atoms with Gasteiger partial charge in [0.1, 0.15) is 17.5 Å². The second kappa shape index (κ2) is 8.74. The van der Waals surface area contributed by atoms with Crippen molar-refractivity contribution in [2.45, 2.75) is 40.5 Å². The van der Waals surface area contributed by atoms with Crippen molar-refractivity contribution in [3.63, 3.8) is 0 Å². The Hall–Kier alpha value is -1.36. The molecule has 0 unspecified atom stereocenters. The SMILES string of the molecule is CCc1nc(N)cc(N(CC)CCCN(CC)CC)n1. The molecule has 0 saturated carbocycles. The van der Waals surface area contributed by atoms with Crippen LogP contribution in [0.1, 0.15) is 39.9 Å². The Morgan fingerprint density at radius 3 is 2.25 bits per heavy atom. The van der Waals surface area contributed by atoms with Crippen LogP contribution < -0.4 is 10.6 Å². The fourth-order valence-corrected chi connectivity index (χ4v) is 2.28. The lowest BCUT2D eigenvalue weighted by Gasteiger charge is -2.24. The van der Waals surface area contributed by atoms with Crippen LogP contribution in [0.3, 0.4) is 0 Å². The third-order valence-corrected chi connectivity index (χ3v) is 3.60. The molecule has 2 N–H and O–H groups in total. The summed E-state index contributed by atoms with van der Waals surface area (Å²) in [6.07, 6.45) is 1.95. The van der Waals surface area contributed by atoms with Crippen LogP contribution in [0.5, 0.6) is 0 Å². The molecule has 0 aliphatic carbocycles. The summed E-state index contributed by atoms with van der Waals surface area (Å²) in [5.74, 6) is 2.34. The number of aryl methyl sites for hydroxylation is 1. The topological polar surface area (TPSA) is 58.3 Å². The number of hydrogen-bond donors (Lipinski definition) is 1. The molecule has 0 atom stereocenters. The molecule has 0 fully saturated rings. The van der Waals surface area contributed by atoms with E-state index in [2.05, 4.69) is 47.5 Å². The molecule has 1 aromatic rings. The van der Waals surface area contributed by atoms with E-state index in [4.69, 9.17) is 5.73 Å². The molecule has 1 heterocycles. The molecule has 0 bridgehead atoms. The van der Waals surface area contributed by atoms with Crippen molar-refractivity contribution in [1.29, 1.82) is 0 Å². The number of hydrogen-bond acceptors (Lipinski definition) is 5. The molecule has 0 saturated heterocycles. The van der Waals surface area contributed by atoms with E-state index in [0.717, 1.165) is 57.2 Å². The van der Waals surface area contributed by atoms with Crippen molar-refractivity contribution in [1.82, 2.24) is 14.9 Å². The number of nitrogen functional groups attached to an aromatic ring is 1. The minimum absolute atomic E-state index is 0.564. The second-order valence-corrected chi connectivity index (χ2v) is 4.88. The zero-order valence-electron chi connectivity index (χ0n) is 13.4. The summed E-state index contributed by atoms with van der Waals surface area (Å²) in [7, 11) is 0. The number of nitrogens with zero attached hydrogens (tertiary/aromatic N) is 4. The maximum atomic E-state index is 5.86. The molecule has 1 rings (SSSR count). The smallest absolute Gasteiger partial charge is 0.134 e. The van der Waals surface area contributed by atoms with Gasteiger partial charge in [-0.15, -0.1) is 0 Å². The Balaban J connectivity index is 2.64. The van der Waals surface area contributed by atoms with E-state index < -0.39 is 0 Å². The zero-order chi connectivity index (χ0) is 15.0. The van der Waals surface area contributed by atoms with Crippen molar-refractivity contribution >= 4 is 11.6 Å². The first-order valence-corrected chi connectivity index (χ1v) is 7.75. The molecular weight excluding hydrogens is 250 g/mol. The summed E-state index contributed by atoms with van der Waals surface area (Å²) >= 11 is 0. The molecule has 0 spiro atoms. The van der Waals surface area contributed by atoms with E-state index in [1.54, 1.807) is 0 Å². The molecule has 0 aliphatic rings. The fraction of sp³-hybridized carbons (Fsp3) is 0.733. The van der Waals surface area contributed by atoms with Crippen molar-refractivity contribution in [3.8, 4) is 0 Å². The highest BCUT2D eigenvalue weighted by molar-refractivity contribution is 5.46. The Morgan fingerprint density at radius 2 is 1.70 bits per heavy atom. The Morgan fingerprint density at radius 1 is 1.00 bits per heavy atom. The van der Waals surface area contributed by atoms with Crippen molar-refractivity contribution in [3.05, 3.63) is 11.9 Å². The largest absolute Gasteiger partial charge is 0.384 e. The van der Waals surface area contributed by atoms with Crippen LogP contribution in [0.2, 0.25) is 0 Å². The lowest BCUT2D eigenvalue weighted by atomic mass is 10.3. The first-order valence-electron chi connectivity index (χ1n) is 7.75. The number of nitrogens with two attached hydrogens (primary N) is 1. The van der Waals surface area contributed by atoms with Crippen molar-refractivity contribution in [2.75, 3.05) is 43.4 Å². The standard InChI is InChI=1S/C15H29N5/c1-5-14-17-13(16)12-15(18-14)20(8-4)11-9-10-19(6-2)7-3/h12H,5-11H2,1-4H3,(H2,16,17,18). The first kappa shape index (κ1) is 16.7. The number of rotatable bonds is 9. The molecule has 0 amide bonds. The van der Waals surface area contributed by atoms with Gasteiger partial charge in [-0.05, 0) is 33.0 Å². The monoisotopic (exact) mass is 279 g/mol. The van der Waals surface area contributed by atoms with E-state index in [-0.39, 0.29) is 0 Å². The summed E-state index contributed by atoms with van der Waals surface area (Å²) in [6.45, 7) is 13.9. The van der Waals surface area contributed by atoms with Gasteiger partial charge in [-0.25, -0.2) is 9.97 Å². The van der Waals surface area contributed by atoms with Gasteiger partial charge in [-0.1, -0.05) is 20.8 Å². The summed E-state index contributed by atoms with van der Waals surface area (Å²) in [5.41, 5.74) is 5.86. The van der Waals surface area contributed by atoms with Gasteiger partial charge in [0.25, 0.3) is 0 Å². The fourth-order valence-electron chi connectivity index (χ4n) is 2.28. The van der Waals surface area contributed by atoms with Gasteiger partial charge >= 0.3 is 0 Å². The van der Waals surface area contributed by atoms with Gasteiger partial charge in [-0.2, -0.15) is 0 Å². The third-order valence-electron chi connectivity index (χ3n) is 3.60. The highest BCUT2D eigenvalue weighted by Gasteiger charge is 2.09. The van der Waals surface area contributed by atoms with Gasteiger partial charge < -0.3 is 15.5 Å². The summed E-state index contributed by atoms with van der Waals surface area (Å²) in [5, 5.41) is 0. The quantitative estimate of drug-likeness (QED) is 0.751. The van der Waals surface area contributed by atoms with Crippen molar-refractivity contribution in [2.24, 2.45) is 0 Å². The zero-order valence-corrected chi connectivity index (χ0v) is 13.4.